The molecule has 0 spiro atoms. The average molecular weight is 289 g/mol. The highest BCUT2D eigenvalue weighted by Gasteiger charge is 2.36. The van der Waals surface area contributed by atoms with Gasteiger partial charge in [-0.05, 0) is 18.2 Å². The Bertz CT molecular complexity index is 570. The highest BCUT2D eigenvalue weighted by molar-refractivity contribution is 5.85. The molecule has 0 saturated carbocycles. The lowest BCUT2D eigenvalue weighted by atomic mass is 9.99. The quantitative estimate of drug-likeness (QED) is 0.837. The second kappa shape index (κ2) is 4.80. The smallest absolute Gasteiger partial charge is 0.416 e. The number of hydrogen-bond acceptors (Lipinski definition) is 4. The van der Waals surface area contributed by atoms with Crippen LogP contribution in [0.4, 0.5) is 18.9 Å². The number of carboxylic acids is 1. The molecule has 1 aliphatic rings. The van der Waals surface area contributed by atoms with E-state index in [9.17, 15) is 23.2 Å². The number of fused-ring (bicyclic) bond motifs is 1. The Kier molecular flexibility index (Phi) is 3.45. The van der Waals surface area contributed by atoms with Gasteiger partial charge < -0.3 is 5.11 Å². The number of benzene rings is 1. The Morgan fingerprint density at radius 2 is 2.10 bits per heavy atom. The molecular weight excluding hydrogens is 279 g/mol. The van der Waals surface area contributed by atoms with Crippen molar-refractivity contribution in [2.75, 3.05) is 5.23 Å². The van der Waals surface area contributed by atoms with E-state index in [-0.39, 0.29) is 23.2 Å². The van der Waals surface area contributed by atoms with Crippen LogP contribution in [-0.4, -0.2) is 16.3 Å². The van der Waals surface area contributed by atoms with E-state index in [1.165, 1.54) is 0 Å². The topological polar surface area (TPSA) is 70.0 Å². The number of nitrogens with zero attached hydrogens (tertiary/aromatic N) is 1. The summed E-state index contributed by atoms with van der Waals surface area (Å²) in [6, 6.07) is 2.69. The summed E-state index contributed by atoms with van der Waals surface area (Å²) in [4.78, 5) is 15.6. The summed E-state index contributed by atoms with van der Waals surface area (Å²) in [6.45, 7) is 3.28. The van der Waals surface area contributed by atoms with Crippen LogP contribution < -0.4 is 5.23 Å². The van der Waals surface area contributed by atoms with Crippen LogP contribution in [0.5, 0.6) is 0 Å². The Hall–Kier alpha value is -2.06. The second-order valence-corrected chi connectivity index (χ2v) is 4.25. The summed E-state index contributed by atoms with van der Waals surface area (Å²) in [5.41, 5.74) is -1.03. The van der Waals surface area contributed by atoms with E-state index >= 15 is 0 Å². The predicted molar refractivity (Wildman–Crippen MR) is 60.9 cm³/mol. The molecule has 1 unspecified atom stereocenters. The molecule has 1 aliphatic heterocycles. The van der Waals surface area contributed by atoms with E-state index in [4.69, 9.17) is 9.94 Å². The Labute approximate surface area is 111 Å². The molecule has 0 aliphatic carbocycles. The van der Waals surface area contributed by atoms with Crippen LogP contribution in [0.1, 0.15) is 23.7 Å². The summed E-state index contributed by atoms with van der Waals surface area (Å²) in [6.07, 6.45) is -5.80. The van der Waals surface area contributed by atoms with Crippen LogP contribution in [0, 0.1) is 0 Å². The first-order chi connectivity index (χ1) is 9.20. The Morgan fingerprint density at radius 3 is 2.65 bits per heavy atom. The van der Waals surface area contributed by atoms with Crippen molar-refractivity contribution in [3.8, 4) is 0 Å². The van der Waals surface area contributed by atoms with E-state index in [0.717, 1.165) is 18.2 Å². The average Bonchev–Trinajstić information content (AvgIpc) is 2.65. The summed E-state index contributed by atoms with van der Waals surface area (Å²) in [7, 11) is 0. The van der Waals surface area contributed by atoms with Crippen molar-refractivity contribution in [3.05, 3.63) is 41.5 Å². The van der Waals surface area contributed by atoms with Crippen LogP contribution in [0.15, 0.2) is 30.4 Å². The number of alkyl halides is 3. The fraction of sp³-hybridized carbons (Fsp3) is 0.250. The van der Waals surface area contributed by atoms with Crippen LogP contribution in [0.25, 0.3) is 0 Å². The lowest BCUT2D eigenvalue weighted by Crippen LogP contribution is -2.14. The van der Waals surface area contributed by atoms with E-state index in [1.54, 1.807) is 0 Å². The molecule has 0 amide bonds. The molecule has 0 radical (unpaired) electrons. The van der Waals surface area contributed by atoms with Crippen molar-refractivity contribution in [2.24, 2.45) is 0 Å². The monoisotopic (exact) mass is 289 g/mol. The van der Waals surface area contributed by atoms with Gasteiger partial charge in [0.25, 0.3) is 0 Å². The summed E-state index contributed by atoms with van der Waals surface area (Å²) in [5.74, 6) is -1.28. The number of carbonyl (C=O) groups is 1. The normalized spacial score (nSPS) is 18.0. The van der Waals surface area contributed by atoms with Gasteiger partial charge >= 0.3 is 12.1 Å². The Morgan fingerprint density at radius 1 is 1.45 bits per heavy atom. The zero-order valence-electron chi connectivity index (χ0n) is 10.0. The SMILES string of the molecule is C=C(CC1ON(O)c2ccc(C(F)(F)F)cc21)C(=O)O. The standard InChI is InChI=1S/C12H10F3NO4/c1-6(11(17)18)4-10-8-5-7(12(13,14)15)2-3-9(8)16(19)20-10/h2-3,5,10,19H,1,4H2,(H,17,18). The highest BCUT2D eigenvalue weighted by atomic mass is 19.4. The first-order valence-corrected chi connectivity index (χ1v) is 5.48. The maximum Gasteiger partial charge on any atom is 0.416 e. The number of anilines is 1. The third-order valence-corrected chi connectivity index (χ3v) is 2.87. The highest BCUT2D eigenvalue weighted by Crippen LogP contribution is 2.42. The largest absolute Gasteiger partial charge is 0.478 e. The molecule has 1 atom stereocenters. The molecule has 1 aromatic carbocycles. The number of aliphatic carboxylic acids is 1. The molecule has 2 N–H and O–H groups in total. The van der Waals surface area contributed by atoms with Gasteiger partial charge in [-0.1, -0.05) is 6.58 Å². The van der Waals surface area contributed by atoms with Crippen molar-refractivity contribution >= 4 is 11.7 Å². The first-order valence-electron chi connectivity index (χ1n) is 5.48. The van der Waals surface area contributed by atoms with E-state index < -0.39 is 23.8 Å². The maximum atomic E-state index is 12.6. The first kappa shape index (κ1) is 14.4. The fourth-order valence-electron chi connectivity index (χ4n) is 1.86. The van der Waals surface area contributed by atoms with Crippen molar-refractivity contribution in [1.29, 1.82) is 0 Å². The number of carboxylic acid groups (broad SMARTS) is 1. The molecular formula is C12H10F3NO4. The van der Waals surface area contributed by atoms with Gasteiger partial charge in [0.05, 0.1) is 5.56 Å². The van der Waals surface area contributed by atoms with Gasteiger partial charge in [0.2, 0.25) is 0 Å². The van der Waals surface area contributed by atoms with Crippen LogP contribution in [-0.2, 0) is 15.8 Å². The molecule has 0 aromatic heterocycles. The molecule has 1 heterocycles. The van der Waals surface area contributed by atoms with Crippen molar-refractivity contribution in [2.45, 2.75) is 18.7 Å². The zero-order chi connectivity index (χ0) is 15.1. The van der Waals surface area contributed by atoms with E-state index in [0.29, 0.717) is 5.23 Å². The maximum absolute atomic E-state index is 12.6. The summed E-state index contributed by atoms with van der Waals surface area (Å²) >= 11 is 0. The molecule has 108 valence electrons. The van der Waals surface area contributed by atoms with Gasteiger partial charge in [0.15, 0.2) is 0 Å². The van der Waals surface area contributed by atoms with Gasteiger partial charge in [0, 0.05) is 17.6 Å². The van der Waals surface area contributed by atoms with Crippen molar-refractivity contribution in [3.63, 3.8) is 0 Å². The van der Waals surface area contributed by atoms with Crippen LogP contribution in [0.2, 0.25) is 0 Å². The molecule has 8 heteroatoms. The number of rotatable bonds is 3. The fourth-order valence-corrected chi connectivity index (χ4v) is 1.86. The summed E-state index contributed by atoms with van der Waals surface area (Å²) in [5, 5.41) is 18.5. The molecule has 0 saturated heterocycles. The van der Waals surface area contributed by atoms with Crippen LogP contribution in [0.3, 0.4) is 0 Å². The third-order valence-electron chi connectivity index (χ3n) is 2.87. The molecule has 20 heavy (non-hydrogen) atoms. The molecule has 1 aromatic rings. The number of hydrogen-bond donors (Lipinski definition) is 2. The molecule has 2 rings (SSSR count). The van der Waals surface area contributed by atoms with Gasteiger partial charge in [-0.25, -0.2) is 9.63 Å². The lowest BCUT2D eigenvalue weighted by Gasteiger charge is -2.11. The van der Waals surface area contributed by atoms with E-state index in [2.05, 4.69) is 6.58 Å². The third kappa shape index (κ3) is 2.61. The van der Waals surface area contributed by atoms with Gasteiger partial charge in [-0.2, -0.15) is 13.2 Å². The molecule has 5 nitrogen and oxygen atoms in total. The van der Waals surface area contributed by atoms with Gasteiger partial charge in [-0.15, -0.1) is 5.23 Å². The van der Waals surface area contributed by atoms with Gasteiger partial charge in [0.1, 0.15) is 11.8 Å². The van der Waals surface area contributed by atoms with Crippen molar-refractivity contribution in [1.82, 2.24) is 0 Å². The lowest BCUT2D eigenvalue weighted by molar-refractivity contribution is -0.138. The van der Waals surface area contributed by atoms with Gasteiger partial charge in [-0.3, -0.25) is 5.21 Å². The summed E-state index contributed by atoms with van der Waals surface area (Å²) < 4.78 is 37.9. The molecule has 0 bridgehead atoms. The Balaban J connectivity index is 2.35. The van der Waals surface area contributed by atoms with Crippen molar-refractivity contribution < 1.29 is 33.1 Å². The minimum absolute atomic E-state index is 0.0428. The van der Waals surface area contributed by atoms with E-state index in [1.807, 2.05) is 0 Å². The number of halogens is 3. The minimum atomic E-state index is -4.54. The minimum Gasteiger partial charge on any atom is -0.478 e. The second-order valence-electron chi connectivity index (χ2n) is 4.25. The van der Waals surface area contributed by atoms with Crippen LogP contribution >= 0.6 is 0 Å². The zero-order valence-corrected chi connectivity index (χ0v) is 10.0. The molecule has 0 fully saturated rings. The predicted octanol–water partition coefficient (Wildman–Crippen LogP) is 2.92.